The number of anilines is 2. The van der Waals surface area contributed by atoms with Crippen LogP contribution in [-0.2, 0) is 22.4 Å². The number of rotatable bonds is 8. The number of nitrogens with zero attached hydrogens (tertiary/aromatic N) is 11. The molecular formula is C40H40N14O5. The Balaban J connectivity index is 0.000000164. The normalized spacial score (nSPS) is 13.6. The highest BCUT2D eigenvalue weighted by atomic mass is 16.4. The molecule has 8 heterocycles. The van der Waals surface area contributed by atoms with E-state index >= 15 is 0 Å². The fourth-order valence-electron chi connectivity index (χ4n) is 6.28. The van der Waals surface area contributed by atoms with Crippen molar-refractivity contribution in [1.29, 1.82) is 10.5 Å². The molecule has 0 aromatic carbocycles. The number of carbonyl (C=O) groups excluding carboxylic acids is 1. The average molecular weight is 797 g/mol. The van der Waals surface area contributed by atoms with Crippen LogP contribution in [0.1, 0.15) is 35.6 Å². The summed E-state index contributed by atoms with van der Waals surface area (Å²) in [4.78, 5) is 83.0. The highest BCUT2D eigenvalue weighted by Crippen LogP contribution is 2.15. The van der Waals surface area contributed by atoms with Gasteiger partial charge in [-0.15, -0.1) is 0 Å². The van der Waals surface area contributed by atoms with Crippen molar-refractivity contribution < 1.29 is 14.7 Å². The molecule has 0 bridgehead atoms. The van der Waals surface area contributed by atoms with E-state index < -0.39 is 5.97 Å². The monoisotopic (exact) mass is 796 g/mol. The number of fused-ring (bicyclic) bond motifs is 2. The Morgan fingerprint density at radius 1 is 0.661 bits per heavy atom. The number of amides is 1. The van der Waals surface area contributed by atoms with E-state index in [1.807, 2.05) is 23.1 Å². The van der Waals surface area contributed by atoms with Crippen molar-refractivity contribution in [2.24, 2.45) is 0 Å². The van der Waals surface area contributed by atoms with Crippen molar-refractivity contribution in [3.8, 4) is 12.1 Å². The summed E-state index contributed by atoms with van der Waals surface area (Å²) in [5.41, 5.74) is 1.66. The van der Waals surface area contributed by atoms with Gasteiger partial charge in [-0.25, -0.2) is 19.9 Å². The molecule has 0 atom stereocenters. The fraction of sp³-hybridized carbons (Fsp3) is 0.300. The average Bonchev–Trinajstić information content (AvgIpc) is 3.28. The maximum absolute atomic E-state index is 12.6. The first kappa shape index (κ1) is 41.0. The van der Waals surface area contributed by atoms with E-state index in [1.54, 1.807) is 43.0 Å². The van der Waals surface area contributed by atoms with Crippen molar-refractivity contribution in [2.45, 2.75) is 25.7 Å². The number of aromatic nitrogens is 8. The smallest absolute Gasteiger partial charge is 0.303 e. The summed E-state index contributed by atoms with van der Waals surface area (Å²) in [5, 5.41) is 30.2. The zero-order valence-corrected chi connectivity index (χ0v) is 31.9. The number of piperazine rings is 2. The van der Waals surface area contributed by atoms with Crippen molar-refractivity contribution in [3.63, 3.8) is 0 Å². The van der Waals surface area contributed by atoms with Gasteiger partial charge in [-0.2, -0.15) is 10.5 Å². The number of pyridine rings is 4. The molecule has 2 aliphatic rings. The quantitative estimate of drug-likeness (QED) is 0.170. The van der Waals surface area contributed by atoms with Crippen LogP contribution in [0.25, 0.3) is 21.8 Å². The van der Waals surface area contributed by atoms with E-state index in [2.05, 4.69) is 67.1 Å². The Labute approximate surface area is 337 Å². The Morgan fingerprint density at radius 2 is 1.15 bits per heavy atom. The molecule has 0 radical (unpaired) electrons. The molecule has 19 heteroatoms. The maximum Gasteiger partial charge on any atom is 0.303 e. The first-order valence-electron chi connectivity index (χ1n) is 18.8. The van der Waals surface area contributed by atoms with E-state index in [1.165, 1.54) is 12.4 Å². The molecule has 300 valence electrons. The van der Waals surface area contributed by atoms with E-state index in [-0.39, 0.29) is 36.3 Å². The lowest BCUT2D eigenvalue weighted by atomic mass is 10.2. The molecule has 2 aliphatic heterocycles. The van der Waals surface area contributed by atoms with Crippen LogP contribution in [0.4, 0.5) is 11.6 Å². The zero-order valence-electron chi connectivity index (χ0n) is 31.9. The standard InChI is InChI=1S/C20H19N7O2.C10H12N4.C10H9N3O3/c21-11-14-1-3-18(23-12-14)26-7-9-27(10-8-26)19(28)4-2-17-24-16-13-22-6-5-15(16)20(29)25-17;11-7-9-1-2-10(13-8-9)14-5-3-12-4-6-14;14-9(15)2-1-8-12-7-5-11-4-3-6(7)10(16)13-8/h1,3,5-6,12-13H,2,4,7-10H2,(H,24,25,29);1-2,8,12H,3-6H2;3-5H,1-2H2,(H,14,15)(H,12,13,16). The van der Waals surface area contributed by atoms with Gasteiger partial charge in [0.05, 0.1) is 51.7 Å². The number of aromatic amines is 2. The SMILES string of the molecule is N#Cc1ccc(N2CCN(C(=O)CCc3nc4cnccc4c(=O)[nH]3)CC2)nc1.N#Cc1ccc(N2CCNCC2)nc1.O=C(O)CCc1nc2cnccc2c(=O)[nH]1. The summed E-state index contributed by atoms with van der Waals surface area (Å²) in [6, 6.07) is 14.6. The first-order valence-corrected chi connectivity index (χ1v) is 18.8. The van der Waals surface area contributed by atoms with E-state index in [4.69, 9.17) is 15.6 Å². The Hall–Kier alpha value is -7.64. The molecular weight excluding hydrogens is 757 g/mol. The minimum absolute atomic E-state index is 0.0337. The molecule has 1 amide bonds. The second-order valence-electron chi connectivity index (χ2n) is 13.3. The largest absolute Gasteiger partial charge is 0.481 e. The summed E-state index contributed by atoms with van der Waals surface area (Å²) >= 11 is 0. The topological polar surface area (TPSA) is 267 Å². The van der Waals surface area contributed by atoms with Crippen molar-refractivity contribution in [1.82, 2.24) is 50.1 Å². The van der Waals surface area contributed by atoms with E-state index in [0.29, 0.717) is 77.2 Å². The van der Waals surface area contributed by atoms with Gasteiger partial charge in [-0.1, -0.05) is 0 Å². The number of carboxylic acid groups (broad SMARTS) is 1. The Morgan fingerprint density at radius 3 is 1.61 bits per heavy atom. The number of nitriles is 2. The summed E-state index contributed by atoms with van der Waals surface area (Å²) in [6.07, 6.45) is 10.1. The molecule has 59 heavy (non-hydrogen) atoms. The van der Waals surface area contributed by atoms with Crippen LogP contribution in [-0.4, -0.2) is 114 Å². The van der Waals surface area contributed by atoms with Gasteiger partial charge >= 0.3 is 5.97 Å². The number of aryl methyl sites for hydroxylation is 2. The number of nitrogens with one attached hydrogen (secondary N) is 3. The molecule has 4 N–H and O–H groups in total. The Bertz CT molecular complexity index is 2590. The predicted molar refractivity (Wildman–Crippen MR) is 216 cm³/mol. The highest BCUT2D eigenvalue weighted by molar-refractivity contribution is 5.78. The second kappa shape index (κ2) is 20.0. The molecule has 2 fully saturated rings. The van der Waals surface area contributed by atoms with Crippen LogP contribution in [0.5, 0.6) is 0 Å². The number of hydrogen-bond donors (Lipinski definition) is 4. The molecule has 19 nitrogen and oxygen atoms in total. The van der Waals surface area contributed by atoms with Crippen LogP contribution in [0, 0.1) is 22.7 Å². The van der Waals surface area contributed by atoms with Crippen LogP contribution >= 0.6 is 0 Å². The third-order valence-corrected chi connectivity index (χ3v) is 9.42. The van der Waals surface area contributed by atoms with Gasteiger partial charge in [0, 0.05) is 96.4 Å². The highest BCUT2D eigenvalue weighted by Gasteiger charge is 2.22. The molecule has 6 aromatic heterocycles. The third kappa shape index (κ3) is 11.2. The van der Waals surface area contributed by atoms with Crippen LogP contribution in [0.3, 0.4) is 0 Å². The van der Waals surface area contributed by atoms with Crippen LogP contribution in [0.2, 0.25) is 0 Å². The molecule has 0 saturated carbocycles. The number of aliphatic carboxylic acids is 1. The number of hydrogen-bond acceptors (Lipinski definition) is 15. The summed E-state index contributed by atoms with van der Waals surface area (Å²) in [7, 11) is 0. The lowest BCUT2D eigenvalue weighted by molar-refractivity contribution is -0.137. The van der Waals surface area contributed by atoms with Gasteiger partial charge in [-0.3, -0.25) is 29.1 Å². The summed E-state index contributed by atoms with van der Waals surface area (Å²) in [6.45, 7) is 6.54. The van der Waals surface area contributed by atoms with Gasteiger partial charge in [0.15, 0.2) is 0 Å². The fourth-order valence-corrected chi connectivity index (χ4v) is 6.28. The van der Waals surface area contributed by atoms with Gasteiger partial charge in [0.1, 0.15) is 35.4 Å². The molecule has 2 saturated heterocycles. The van der Waals surface area contributed by atoms with Gasteiger partial charge < -0.3 is 35.1 Å². The number of carbonyl (C=O) groups is 2. The van der Waals surface area contributed by atoms with Crippen LogP contribution in [0.15, 0.2) is 83.2 Å². The minimum atomic E-state index is -0.922. The number of H-pyrrole nitrogens is 2. The predicted octanol–water partition coefficient (Wildman–Crippen LogP) is 1.56. The molecule has 6 aromatic rings. The Kier molecular flexibility index (Phi) is 13.9. The minimum Gasteiger partial charge on any atom is -0.481 e. The third-order valence-electron chi connectivity index (χ3n) is 9.42. The summed E-state index contributed by atoms with van der Waals surface area (Å²) in [5.74, 6) is 1.74. The maximum atomic E-state index is 12.6. The van der Waals surface area contributed by atoms with Crippen molar-refractivity contribution >= 4 is 45.3 Å². The lowest BCUT2D eigenvalue weighted by Crippen LogP contribution is -2.49. The van der Waals surface area contributed by atoms with Crippen molar-refractivity contribution in [3.05, 3.63) is 117 Å². The van der Waals surface area contributed by atoms with E-state index in [0.717, 1.165) is 37.8 Å². The van der Waals surface area contributed by atoms with Gasteiger partial charge in [-0.05, 0) is 36.4 Å². The first-order chi connectivity index (χ1) is 28.7. The lowest BCUT2D eigenvalue weighted by Gasteiger charge is -2.35. The van der Waals surface area contributed by atoms with Gasteiger partial charge in [0.2, 0.25) is 5.91 Å². The number of carboxylic acids is 1. The molecule has 0 aliphatic carbocycles. The van der Waals surface area contributed by atoms with Gasteiger partial charge in [0.25, 0.3) is 11.1 Å². The molecule has 8 rings (SSSR count). The van der Waals surface area contributed by atoms with Crippen molar-refractivity contribution in [2.75, 3.05) is 62.2 Å². The molecule has 0 spiro atoms. The zero-order chi connectivity index (χ0) is 41.6. The second-order valence-corrected chi connectivity index (χ2v) is 13.3. The van der Waals surface area contributed by atoms with Crippen LogP contribution < -0.4 is 26.2 Å². The van der Waals surface area contributed by atoms with E-state index in [9.17, 15) is 19.2 Å². The summed E-state index contributed by atoms with van der Waals surface area (Å²) < 4.78 is 0. The molecule has 0 unspecified atom stereocenters.